The molecule has 5 heteroatoms. The Balaban J connectivity index is 3.54. The van der Waals surface area contributed by atoms with Crippen LogP contribution < -0.4 is 0 Å². The van der Waals surface area contributed by atoms with E-state index in [9.17, 15) is 0 Å². The van der Waals surface area contributed by atoms with Crippen LogP contribution in [0.15, 0.2) is 0 Å². The molecular formula is C6H11NS4. The van der Waals surface area contributed by atoms with Gasteiger partial charge in [-0.05, 0) is 28.0 Å². The number of nitrogens with zero attached hydrogens (tertiary/aromatic N) is 1. The summed E-state index contributed by atoms with van der Waals surface area (Å²) < 4.78 is 1.87. The fraction of sp³-hybridized carbons (Fsp3) is 0.667. The molecule has 0 aromatic rings. The van der Waals surface area contributed by atoms with Crippen molar-refractivity contribution in [3.8, 4) is 0 Å². The summed E-state index contributed by atoms with van der Waals surface area (Å²) in [5, 5.41) is 0. The molecule has 0 aliphatic heterocycles. The molecular weight excluding hydrogens is 214 g/mol. The normalized spacial score (nSPS) is 9.36. The zero-order valence-electron chi connectivity index (χ0n) is 6.79. The smallest absolute Gasteiger partial charge is 0.146 e. The van der Waals surface area contributed by atoms with Gasteiger partial charge in [-0.15, -0.1) is 0 Å². The molecule has 0 rings (SSSR count). The average Bonchev–Trinajstić information content (AvgIpc) is 1.99. The van der Waals surface area contributed by atoms with Crippen molar-refractivity contribution in [3.63, 3.8) is 0 Å². The fourth-order valence-electron chi connectivity index (χ4n) is 0.216. The van der Waals surface area contributed by atoms with Crippen LogP contribution in [0.5, 0.6) is 0 Å². The summed E-state index contributed by atoms with van der Waals surface area (Å²) in [6.07, 6.45) is 0.934. The molecule has 0 spiro atoms. The topological polar surface area (TPSA) is 3.24 Å². The lowest BCUT2D eigenvalue weighted by molar-refractivity contribution is 0.648. The largest absolute Gasteiger partial charge is 0.363 e. The molecule has 0 aromatic carbocycles. The van der Waals surface area contributed by atoms with Crippen LogP contribution in [0.3, 0.4) is 0 Å². The van der Waals surface area contributed by atoms with Gasteiger partial charge in [-0.25, -0.2) is 0 Å². The monoisotopic (exact) mass is 225 g/mol. The standard InChI is InChI=1S/C6H11NS4/c1-4-5(8)10-11-6(9)7(2)3/h4H2,1-3H3. The molecule has 1 nitrogen and oxygen atoms in total. The number of hydrogen-bond acceptors (Lipinski definition) is 4. The van der Waals surface area contributed by atoms with Crippen LogP contribution in [-0.4, -0.2) is 27.5 Å². The van der Waals surface area contributed by atoms with Crippen molar-refractivity contribution in [2.24, 2.45) is 0 Å². The van der Waals surface area contributed by atoms with E-state index in [0.29, 0.717) is 0 Å². The van der Waals surface area contributed by atoms with Crippen molar-refractivity contribution in [2.75, 3.05) is 14.1 Å². The highest BCUT2D eigenvalue weighted by atomic mass is 33.1. The lowest BCUT2D eigenvalue weighted by atomic mass is 10.6. The van der Waals surface area contributed by atoms with Crippen molar-refractivity contribution in [3.05, 3.63) is 0 Å². The third-order valence-electron chi connectivity index (χ3n) is 0.860. The molecule has 0 aliphatic carbocycles. The molecule has 64 valence electrons. The van der Waals surface area contributed by atoms with Crippen molar-refractivity contribution in [1.29, 1.82) is 0 Å². The summed E-state index contributed by atoms with van der Waals surface area (Å²) in [6, 6.07) is 0. The Morgan fingerprint density at radius 2 is 1.82 bits per heavy atom. The van der Waals surface area contributed by atoms with Crippen molar-refractivity contribution in [1.82, 2.24) is 4.90 Å². The summed E-state index contributed by atoms with van der Waals surface area (Å²) in [7, 11) is 7.00. The van der Waals surface area contributed by atoms with Crippen molar-refractivity contribution >= 4 is 54.5 Å². The van der Waals surface area contributed by atoms with Gasteiger partial charge < -0.3 is 4.90 Å². The first-order valence-corrected chi connectivity index (χ1v) is 6.13. The second-order valence-corrected chi connectivity index (χ2v) is 5.66. The van der Waals surface area contributed by atoms with Crippen LogP contribution in [-0.2, 0) is 0 Å². The maximum absolute atomic E-state index is 5.05. The lowest BCUT2D eigenvalue weighted by Gasteiger charge is -2.11. The van der Waals surface area contributed by atoms with Gasteiger partial charge in [0.25, 0.3) is 0 Å². The Hall–Kier alpha value is 0.680. The van der Waals surface area contributed by atoms with E-state index in [2.05, 4.69) is 6.92 Å². The van der Waals surface area contributed by atoms with Crippen LogP contribution in [0.4, 0.5) is 0 Å². The maximum atomic E-state index is 5.05. The van der Waals surface area contributed by atoms with Crippen LogP contribution in [0.2, 0.25) is 0 Å². The van der Waals surface area contributed by atoms with E-state index in [1.807, 2.05) is 19.0 Å². The van der Waals surface area contributed by atoms with Gasteiger partial charge in [0.2, 0.25) is 0 Å². The van der Waals surface area contributed by atoms with Crippen molar-refractivity contribution < 1.29 is 0 Å². The minimum absolute atomic E-state index is 0.866. The molecule has 0 N–H and O–H groups in total. The number of hydrogen-bond donors (Lipinski definition) is 0. The minimum atomic E-state index is 0.866. The first-order chi connectivity index (χ1) is 5.07. The molecule has 0 saturated heterocycles. The summed E-state index contributed by atoms with van der Waals surface area (Å²) in [5.41, 5.74) is 0. The zero-order valence-corrected chi connectivity index (χ0v) is 10.1. The Bertz CT molecular complexity index is 155. The second kappa shape index (κ2) is 6.22. The predicted molar refractivity (Wildman–Crippen MR) is 64.4 cm³/mol. The predicted octanol–water partition coefficient (Wildman–Crippen LogP) is 2.95. The SMILES string of the molecule is CCC(=S)SSC(=S)N(C)C. The summed E-state index contributed by atoms with van der Waals surface area (Å²) >= 11 is 10.1. The highest BCUT2D eigenvalue weighted by Gasteiger charge is 2.01. The highest BCUT2D eigenvalue weighted by molar-refractivity contribution is 8.89. The maximum Gasteiger partial charge on any atom is 0.146 e. The van der Waals surface area contributed by atoms with Crippen LogP contribution in [0.25, 0.3) is 0 Å². The molecule has 0 unspecified atom stereocenters. The zero-order chi connectivity index (χ0) is 8.85. The summed E-state index contributed by atoms with van der Waals surface area (Å²) in [6.45, 7) is 2.05. The van der Waals surface area contributed by atoms with E-state index < -0.39 is 0 Å². The van der Waals surface area contributed by atoms with Crippen LogP contribution >= 0.6 is 46.0 Å². The van der Waals surface area contributed by atoms with Crippen molar-refractivity contribution in [2.45, 2.75) is 13.3 Å². The molecule has 0 atom stereocenters. The third-order valence-corrected chi connectivity index (χ3v) is 5.04. The van der Waals surface area contributed by atoms with Gasteiger partial charge in [-0.3, -0.25) is 0 Å². The summed E-state index contributed by atoms with van der Waals surface area (Å²) in [4.78, 5) is 1.91. The van der Waals surface area contributed by atoms with Gasteiger partial charge in [0.05, 0.1) is 4.20 Å². The minimum Gasteiger partial charge on any atom is -0.363 e. The first kappa shape index (κ1) is 11.7. The Morgan fingerprint density at radius 3 is 2.18 bits per heavy atom. The van der Waals surface area contributed by atoms with E-state index in [1.54, 1.807) is 21.6 Å². The number of rotatable bonds is 1. The summed E-state index contributed by atoms with van der Waals surface area (Å²) in [5.74, 6) is 0. The molecule has 0 fully saturated rings. The molecule has 0 aromatic heterocycles. The third kappa shape index (κ3) is 5.90. The highest BCUT2D eigenvalue weighted by Crippen LogP contribution is 2.26. The molecule has 0 aliphatic rings. The van der Waals surface area contributed by atoms with E-state index in [-0.39, 0.29) is 0 Å². The Morgan fingerprint density at radius 1 is 1.27 bits per heavy atom. The van der Waals surface area contributed by atoms with Gasteiger partial charge in [0.15, 0.2) is 0 Å². The van der Waals surface area contributed by atoms with E-state index >= 15 is 0 Å². The van der Waals surface area contributed by atoms with Gasteiger partial charge in [0, 0.05) is 14.1 Å². The fourth-order valence-corrected chi connectivity index (χ4v) is 2.55. The molecule has 0 bridgehead atoms. The Labute approximate surface area is 86.7 Å². The van der Waals surface area contributed by atoms with Gasteiger partial charge in [-0.2, -0.15) is 0 Å². The van der Waals surface area contributed by atoms with Gasteiger partial charge in [-0.1, -0.05) is 31.4 Å². The second-order valence-electron chi connectivity index (χ2n) is 2.05. The molecule has 11 heavy (non-hydrogen) atoms. The molecule has 0 heterocycles. The first-order valence-electron chi connectivity index (χ1n) is 3.16. The van der Waals surface area contributed by atoms with Gasteiger partial charge in [0.1, 0.15) is 4.32 Å². The van der Waals surface area contributed by atoms with Gasteiger partial charge >= 0.3 is 0 Å². The van der Waals surface area contributed by atoms with E-state index in [0.717, 1.165) is 14.9 Å². The average molecular weight is 225 g/mol. The lowest BCUT2D eigenvalue weighted by Crippen LogP contribution is -2.15. The Kier molecular flexibility index (Phi) is 6.61. The van der Waals surface area contributed by atoms with Crippen LogP contribution in [0, 0.1) is 0 Å². The molecule has 0 amide bonds. The quantitative estimate of drug-likeness (QED) is 0.497. The van der Waals surface area contributed by atoms with E-state index in [1.165, 1.54) is 0 Å². The molecule has 0 saturated carbocycles. The van der Waals surface area contributed by atoms with Crippen LogP contribution in [0.1, 0.15) is 13.3 Å². The number of thiocarbonyl (C=S) groups is 2. The molecule has 0 radical (unpaired) electrons. The van der Waals surface area contributed by atoms with E-state index in [4.69, 9.17) is 24.4 Å².